The molecule has 2 unspecified atom stereocenters. The van der Waals surface area contributed by atoms with Gasteiger partial charge in [0.05, 0.1) is 6.61 Å². The minimum Gasteiger partial charge on any atom is -0.380 e. The molecule has 1 N–H and O–H groups in total. The second kappa shape index (κ2) is 7.63. The maximum Gasteiger partial charge on any atom is 0.0590 e. The largest absolute Gasteiger partial charge is 0.380 e. The van der Waals surface area contributed by atoms with Gasteiger partial charge >= 0.3 is 0 Å². The van der Waals surface area contributed by atoms with E-state index in [4.69, 9.17) is 4.74 Å². The van der Waals surface area contributed by atoms with Crippen molar-refractivity contribution < 1.29 is 4.74 Å². The van der Waals surface area contributed by atoms with Crippen molar-refractivity contribution in [3.05, 3.63) is 35.9 Å². The van der Waals surface area contributed by atoms with E-state index in [9.17, 15) is 0 Å². The van der Waals surface area contributed by atoms with E-state index in [-0.39, 0.29) is 0 Å². The SMILES string of the molecule is CCOCCNC1CCN(Cc2ccccc2)C1C. The molecule has 2 atom stereocenters. The predicted molar refractivity (Wildman–Crippen MR) is 79.2 cm³/mol. The van der Waals surface area contributed by atoms with Crippen molar-refractivity contribution in [3.8, 4) is 0 Å². The van der Waals surface area contributed by atoms with Gasteiger partial charge in [-0.3, -0.25) is 4.90 Å². The zero-order valence-electron chi connectivity index (χ0n) is 12.1. The molecule has 1 aromatic rings. The highest BCUT2D eigenvalue weighted by atomic mass is 16.5. The summed E-state index contributed by atoms with van der Waals surface area (Å²) >= 11 is 0. The molecule has 1 fully saturated rings. The molecule has 3 nitrogen and oxygen atoms in total. The summed E-state index contributed by atoms with van der Waals surface area (Å²) in [5.74, 6) is 0. The summed E-state index contributed by atoms with van der Waals surface area (Å²) in [6.45, 7) is 9.20. The zero-order chi connectivity index (χ0) is 13.5. The summed E-state index contributed by atoms with van der Waals surface area (Å²) in [5, 5.41) is 3.62. The van der Waals surface area contributed by atoms with Crippen LogP contribution < -0.4 is 5.32 Å². The third kappa shape index (κ3) is 4.30. The Kier molecular flexibility index (Phi) is 5.83. The van der Waals surface area contributed by atoms with Gasteiger partial charge in [-0.2, -0.15) is 0 Å². The van der Waals surface area contributed by atoms with Crippen LogP contribution in [0.5, 0.6) is 0 Å². The molecule has 1 aliphatic heterocycles. The molecular weight excluding hydrogens is 236 g/mol. The summed E-state index contributed by atoms with van der Waals surface area (Å²) < 4.78 is 5.37. The number of rotatable bonds is 7. The number of likely N-dealkylation sites (tertiary alicyclic amines) is 1. The first kappa shape index (κ1) is 14.5. The van der Waals surface area contributed by atoms with Crippen LogP contribution in [-0.4, -0.2) is 43.3 Å². The van der Waals surface area contributed by atoms with Crippen LogP contribution in [0.2, 0.25) is 0 Å². The molecule has 0 spiro atoms. The first-order valence-corrected chi connectivity index (χ1v) is 7.40. The second-order valence-corrected chi connectivity index (χ2v) is 5.24. The van der Waals surface area contributed by atoms with Gasteiger partial charge in [-0.05, 0) is 25.8 Å². The fourth-order valence-corrected chi connectivity index (χ4v) is 2.78. The summed E-state index contributed by atoms with van der Waals surface area (Å²) in [4.78, 5) is 2.56. The Morgan fingerprint density at radius 3 is 2.84 bits per heavy atom. The monoisotopic (exact) mass is 262 g/mol. The van der Waals surface area contributed by atoms with Crippen LogP contribution in [0.4, 0.5) is 0 Å². The average Bonchev–Trinajstić information content (AvgIpc) is 2.78. The summed E-state index contributed by atoms with van der Waals surface area (Å²) in [5.41, 5.74) is 1.41. The number of benzene rings is 1. The minimum atomic E-state index is 0.599. The highest BCUT2D eigenvalue weighted by Gasteiger charge is 2.29. The average molecular weight is 262 g/mol. The molecule has 0 radical (unpaired) electrons. The normalized spacial score (nSPS) is 23.9. The van der Waals surface area contributed by atoms with Crippen molar-refractivity contribution in [3.63, 3.8) is 0 Å². The van der Waals surface area contributed by atoms with E-state index in [1.54, 1.807) is 0 Å². The van der Waals surface area contributed by atoms with Gasteiger partial charge in [0.15, 0.2) is 0 Å². The molecule has 0 aromatic heterocycles. The smallest absolute Gasteiger partial charge is 0.0590 e. The van der Waals surface area contributed by atoms with E-state index in [0.717, 1.165) is 26.3 Å². The maximum atomic E-state index is 5.37. The Balaban J connectivity index is 1.76. The van der Waals surface area contributed by atoms with Crippen LogP contribution in [0, 0.1) is 0 Å². The van der Waals surface area contributed by atoms with E-state index in [2.05, 4.69) is 47.5 Å². The number of ether oxygens (including phenoxy) is 1. The standard InChI is InChI=1S/C16H26N2O/c1-3-19-12-10-17-16-9-11-18(14(16)2)13-15-7-5-4-6-8-15/h4-8,14,16-17H,3,9-13H2,1-2H3. The fraction of sp³-hybridized carbons (Fsp3) is 0.625. The third-order valence-corrected chi connectivity index (χ3v) is 3.97. The summed E-state index contributed by atoms with van der Waals surface area (Å²) in [7, 11) is 0. The van der Waals surface area contributed by atoms with Crippen molar-refractivity contribution in [2.45, 2.75) is 38.9 Å². The first-order valence-electron chi connectivity index (χ1n) is 7.40. The summed E-state index contributed by atoms with van der Waals surface area (Å²) in [6, 6.07) is 11.9. The van der Waals surface area contributed by atoms with E-state index < -0.39 is 0 Å². The quantitative estimate of drug-likeness (QED) is 0.763. The van der Waals surface area contributed by atoms with E-state index in [1.165, 1.54) is 18.5 Å². The van der Waals surface area contributed by atoms with E-state index in [1.807, 2.05) is 6.92 Å². The topological polar surface area (TPSA) is 24.5 Å². The van der Waals surface area contributed by atoms with Crippen LogP contribution in [0.15, 0.2) is 30.3 Å². The van der Waals surface area contributed by atoms with E-state index in [0.29, 0.717) is 12.1 Å². The van der Waals surface area contributed by atoms with Gasteiger partial charge in [-0.15, -0.1) is 0 Å². The highest BCUT2D eigenvalue weighted by Crippen LogP contribution is 2.20. The molecule has 0 bridgehead atoms. The maximum absolute atomic E-state index is 5.37. The molecule has 106 valence electrons. The van der Waals surface area contributed by atoms with Crippen LogP contribution in [0.1, 0.15) is 25.8 Å². The zero-order valence-corrected chi connectivity index (χ0v) is 12.1. The Morgan fingerprint density at radius 1 is 1.32 bits per heavy atom. The van der Waals surface area contributed by atoms with Crippen molar-refractivity contribution in [1.82, 2.24) is 10.2 Å². The lowest BCUT2D eigenvalue weighted by Crippen LogP contribution is -2.41. The molecule has 19 heavy (non-hydrogen) atoms. The lowest BCUT2D eigenvalue weighted by Gasteiger charge is -2.25. The molecule has 1 aliphatic rings. The van der Waals surface area contributed by atoms with Gasteiger partial charge in [-0.25, -0.2) is 0 Å². The second-order valence-electron chi connectivity index (χ2n) is 5.24. The van der Waals surface area contributed by atoms with Gasteiger partial charge in [-0.1, -0.05) is 30.3 Å². The number of hydrogen-bond donors (Lipinski definition) is 1. The van der Waals surface area contributed by atoms with Gasteiger partial charge < -0.3 is 10.1 Å². The predicted octanol–water partition coefficient (Wildman–Crippen LogP) is 2.28. The van der Waals surface area contributed by atoms with Crippen LogP contribution in [-0.2, 0) is 11.3 Å². The highest BCUT2D eigenvalue weighted by molar-refractivity contribution is 5.15. The molecule has 0 saturated carbocycles. The third-order valence-electron chi connectivity index (χ3n) is 3.97. The lowest BCUT2D eigenvalue weighted by molar-refractivity contribution is 0.144. The molecular formula is C16H26N2O. The molecule has 1 heterocycles. The Bertz CT molecular complexity index is 355. The van der Waals surface area contributed by atoms with E-state index >= 15 is 0 Å². The number of nitrogens with zero attached hydrogens (tertiary/aromatic N) is 1. The van der Waals surface area contributed by atoms with Gasteiger partial charge in [0, 0.05) is 38.3 Å². The van der Waals surface area contributed by atoms with Crippen LogP contribution >= 0.6 is 0 Å². The Morgan fingerprint density at radius 2 is 2.11 bits per heavy atom. The van der Waals surface area contributed by atoms with Crippen molar-refractivity contribution >= 4 is 0 Å². The number of hydrogen-bond acceptors (Lipinski definition) is 3. The molecule has 0 aliphatic carbocycles. The molecule has 2 rings (SSSR count). The van der Waals surface area contributed by atoms with Crippen molar-refractivity contribution in [1.29, 1.82) is 0 Å². The number of nitrogens with one attached hydrogen (secondary N) is 1. The van der Waals surface area contributed by atoms with Crippen molar-refractivity contribution in [2.24, 2.45) is 0 Å². The van der Waals surface area contributed by atoms with Gasteiger partial charge in [0.2, 0.25) is 0 Å². The van der Waals surface area contributed by atoms with Gasteiger partial charge in [0.1, 0.15) is 0 Å². The van der Waals surface area contributed by atoms with Gasteiger partial charge in [0.25, 0.3) is 0 Å². The molecule has 3 heteroatoms. The van der Waals surface area contributed by atoms with Crippen molar-refractivity contribution in [2.75, 3.05) is 26.3 Å². The molecule has 0 amide bonds. The van der Waals surface area contributed by atoms with Crippen LogP contribution in [0.3, 0.4) is 0 Å². The summed E-state index contributed by atoms with van der Waals surface area (Å²) in [6.07, 6.45) is 1.24. The van der Waals surface area contributed by atoms with Crippen LogP contribution in [0.25, 0.3) is 0 Å². The minimum absolute atomic E-state index is 0.599. The molecule has 1 aromatic carbocycles. The lowest BCUT2D eigenvalue weighted by atomic mass is 10.1. The Hall–Kier alpha value is -0.900. The fourth-order valence-electron chi connectivity index (χ4n) is 2.78. The molecule has 1 saturated heterocycles. The Labute approximate surface area is 116 Å². The first-order chi connectivity index (χ1) is 9.31.